The first-order valence-electron chi connectivity index (χ1n) is 9.50. The molecule has 0 radical (unpaired) electrons. The molecule has 1 amide bonds. The van der Waals surface area contributed by atoms with Crippen molar-refractivity contribution in [1.29, 1.82) is 0 Å². The number of piperidine rings is 1. The summed E-state index contributed by atoms with van der Waals surface area (Å²) < 4.78 is 16.4. The highest BCUT2D eigenvalue weighted by Gasteiger charge is 2.33. The molecule has 0 bridgehead atoms. The van der Waals surface area contributed by atoms with Crippen molar-refractivity contribution in [2.75, 3.05) is 44.6 Å². The van der Waals surface area contributed by atoms with E-state index in [1.54, 1.807) is 32.7 Å². The second-order valence-electron chi connectivity index (χ2n) is 7.02. The van der Waals surface area contributed by atoms with Crippen LogP contribution in [0.15, 0.2) is 12.1 Å². The zero-order chi connectivity index (χ0) is 19.7. The largest absolute Gasteiger partial charge is 0.493 e. The van der Waals surface area contributed by atoms with E-state index in [4.69, 9.17) is 19.2 Å². The van der Waals surface area contributed by atoms with Crippen LogP contribution >= 0.6 is 11.3 Å². The van der Waals surface area contributed by atoms with Crippen LogP contribution in [0, 0.1) is 0 Å². The Bertz CT molecular complexity index is 851. The van der Waals surface area contributed by atoms with Crippen molar-refractivity contribution in [3.63, 3.8) is 0 Å². The number of nitrogens with zero attached hydrogens (tertiary/aromatic N) is 2. The first kappa shape index (κ1) is 18.9. The molecule has 1 N–H and O–H groups in total. The number of benzene rings is 1. The van der Waals surface area contributed by atoms with Crippen LogP contribution in [0.3, 0.4) is 0 Å². The minimum atomic E-state index is -0.0894. The molecule has 1 saturated heterocycles. The van der Waals surface area contributed by atoms with Crippen LogP contribution < -0.4 is 24.4 Å². The minimum Gasteiger partial charge on any atom is -0.493 e. The van der Waals surface area contributed by atoms with Crippen LogP contribution in [-0.2, 0) is 4.79 Å². The molecule has 4 rings (SSSR count). The van der Waals surface area contributed by atoms with Crippen LogP contribution in [0.5, 0.6) is 17.2 Å². The van der Waals surface area contributed by atoms with E-state index in [1.165, 1.54) is 19.3 Å². The molecule has 3 heterocycles. The number of thiazole rings is 1. The third-order valence-corrected chi connectivity index (χ3v) is 6.55. The summed E-state index contributed by atoms with van der Waals surface area (Å²) in [5.41, 5.74) is 0.958. The summed E-state index contributed by atoms with van der Waals surface area (Å²) in [7, 11) is 4.78. The maximum atomic E-state index is 12.4. The molecule has 28 heavy (non-hydrogen) atoms. The number of hydrogen-bond donors (Lipinski definition) is 1. The fourth-order valence-corrected chi connectivity index (χ4v) is 5.10. The number of nitrogens with one attached hydrogen (secondary N) is 1. The van der Waals surface area contributed by atoms with Gasteiger partial charge < -0.3 is 24.4 Å². The van der Waals surface area contributed by atoms with Crippen molar-refractivity contribution >= 4 is 28.2 Å². The van der Waals surface area contributed by atoms with Gasteiger partial charge in [0.15, 0.2) is 16.6 Å². The maximum absolute atomic E-state index is 12.4. The molecular formula is C20H25N3O4S. The Balaban J connectivity index is 1.75. The summed E-state index contributed by atoms with van der Waals surface area (Å²) in [6.07, 6.45) is 4.01. The minimum absolute atomic E-state index is 0.0262. The highest BCUT2D eigenvalue weighted by molar-refractivity contribution is 7.16. The number of anilines is 2. The van der Waals surface area contributed by atoms with Gasteiger partial charge in [-0.15, -0.1) is 0 Å². The first-order chi connectivity index (χ1) is 13.6. The number of amides is 1. The first-order valence-corrected chi connectivity index (χ1v) is 10.3. The van der Waals surface area contributed by atoms with E-state index in [1.807, 2.05) is 12.1 Å². The lowest BCUT2D eigenvalue weighted by molar-refractivity contribution is -0.116. The fourth-order valence-electron chi connectivity index (χ4n) is 3.90. The quantitative estimate of drug-likeness (QED) is 0.822. The van der Waals surface area contributed by atoms with Crippen LogP contribution in [-0.4, -0.2) is 45.3 Å². The summed E-state index contributed by atoms with van der Waals surface area (Å²) in [6.45, 7) is 2.05. The topological polar surface area (TPSA) is 72.9 Å². The summed E-state index contributed by atoms with van der Waals surface area (Å²) in [4.78, 5) is 20.5. The molecule has 0 spiro atoms. The molecule has 2 aromatic rings. The summed E-state index contributed by atoms with van der Waals surface area (Å²) >= 11 is 1.67. The predicted octanol–water partition coefficient (Wildman–Crippen LogP) is 3.63. The number of methoxy groups -OCH3 is 3. The van der Waals surface area contributed by atoms with E-state index in [-0.39, 0.29) is 11.8 Å². The summed E-state index contributed by atoms with van der Waals surface area (Å²) in [6, 6.07) is 3.85. The van der Waals surface area contributed by atoms with E-state index in [2.05, 4.69) is 10.2 Å². The zero-order valence-corrected chi connectivity index (χ0v) is 17.2. The highest BCUT2D eigenvalue weighted by atomic mass is 32.1. The lowest BCUT2D eigenvalue weighted by Gasteiger charge is -2.25. The Labute approximate surface area is 168 Å². The number of aromatic nitrogens is 1. The molecule has 2 aliphatic heterocycles. The Morgan fingerprint density at radius 1 is 1.07 bits per heavy atom. The van der Waals surface area contributed by atoms with Gasteiger partial charge in [-0.2, -0.15) is 0 Å². The molecule has 0 saturated carbocycles. The van der Waals surface area contributed by atoms with Crippen LogP contribution in [0.1, 0.15) is 42.0 Å². The van der Waals surface area contributed by atoms with Crippen LogP contribution in [0.25, 0.3) is 0 Å². The third kappa shape index (κ3) is 3.37. The fraction of sp³-hybridized carbons (Fsp3) is 0.500. The van der Waals surface area contributed by atoms with Crippen molar-refractivity contribution in [2.45, 2.75) is 31.6 Å². The van der Waals surface area contributed by atoms with E-state index in [0.717, 1.165) is 28.7 Å². The number of carbonyl (C=O) groups excluding carboxylic acids is 1. The molecule has 8 heteroatoms. The van der Waals surface area contributed by atoms with Crippen molar-refractivity contribution in [1.82, 2.24) is 4.98 Å². The number of carbonyl (C=O) groups is 1. The van der Waals surface area contributed by atoms with Crippen LogP contribution in [0.2, 0.25) is 0 Å². The second kappa shape index (κ2) is 7.87. The summed E-state index contributed by atoms with van der Waals surface area (Å²) in [5, 5.41) is 3.94. The zero-order valence-electron chi connectivity index (χ0n) is 16.4. The van der Waals surface area contributed by atoms with E-state index in [9.17, 15) is 4.79 Å². The average molecular weight is 404 g/mol. The Kier molecular flexibility index (Phi) is 5.30. The second-order valence-corrected chi connectivity index (χ2v) is 8.03. The van der Waals surface area contributed by atoms with Crippen molar-refractivity contribution in [3.8, 4) is 17.2 Å². The number of fused-ring (bicyclic) bond motifs is 1. The molecule has 0 unspecified atom stereocenters. The standard InChI is InChI=1S/C20H25N3O4S/c1-25-14-9-12(10-15(26-2)17(14)27-3)13-11-16(24)21-19-18(13)28-20(22-19)23-7-5-4-6-8-23/h9-10,13H,4-8,11H2,1-3H3,(H,21,24)/t13-/m1/s1. The summed E-state index contributed by atoms with van der Waals surface area (Å²) in [5.74, 6) is 2.29. The van der Waals surface area contributed by atoms with Gasteiger partial charge in [-0.3, -0.25) is 4.79 Å². The maximum Gasteiger partial charge on any atom is 0.226 e. The molecule has 1 aromatic carbocycles. The number of rotatable bonds is 5. The van der Waals surface area contributed by atoms with Crippen molar-refractivity contribution in [3.05, 3.63) is 22.6 Å². The molecule has 2 aliphatic rings. The van der Waals surface area contributed by atoms with Gasteiger partial charge in [-0.05, 0) is 37.0 Å². The van der Waals surface area contributed by atoms with Gasteiger partial charge in [0, 0.05) is 25.4 Å². The molecular weight excluding hydrogens is 378 g/mol. The molecule has 0 aliphatic carbocycles. The number of hydrogen-bond acceptors (Lipinski definition) is 7. The Morgan fingerprint density at radius 2 is 1.75 bits per heavy atom. The SMILES string of the molecule is COc1cc([C@H]2CC(=O)Nc3nc(N4CCCCC4)sc32)cc(OC)c1OC. The van der Waals surface area contributed by atoms with E-state index >= 15 is 0 Å². The predicted molar refractivity (Wildman–Crippen MR) is 109 cm³/mol. The smallest absolute Gasteiger partial charge is 0.226 e. The molecule has 7 nitrogen and oxygen atoms in total. The average Bonchev–Trinajstić information content (AvgIpc) is 3.16. The lowest BCUT2D eigenvalue weighted by Crippen LogP contribution is -2.29. The van der Waals surface area contributed by atoms with Gasteiger partial charge in [0.2, 0.25) is 11.7 Å². The van der Waals surface area contributed by atoms with Gasteiger partial charge in [-0.25, -0.2) is 4.98 Å². The van der Waals surface area contributed by atoms with Gasteiger partial charge in [0.25, 0.3) is 0 Å². The van der Waals surface area contributed by atoms with E-state index in [0.29, 0.717) is 29.5 Å². The Morgan fingerprint density at radius 3 is 2.36 bits per heavy atom. The molecule has 150 valence electrons. The molecule has 1 atom stereocenters. The van der Waals surface area contributed by atoms with Gasteiger partial charge in [0.1, 0.15) is 5.82 Å². The molecule has 1 aromatic heterocycles. The lowest BCUT2D eigenvalue weighted by atomic mass is 9.91. The monoisotopic (exact) mass is 403 g/mol. The van der Waals surface area contributed by atoms with Crippen molar-refractivity contribution in [2.24, 2.45) is 0 Å². The Hall–Kier alpha value is -2.48. The van der Waals surface area contributed by atoms with Crippen molar-refractivity contribution < 1.29 is 19.0 Å². The van der Waals surface area contributed by atoms with E-state index < -0.39 is 0 Å². The van der Waals surface area contributed by atoms with Gasteiger partial charge in [0.05, 0.1) is 26.2 Å². The molecule has 1 fully saturated rings. The van der Waals surface area contributed by atoms with Gasteiger partial charge >= 0.3 is 0 Å². The number of ether oxygens (including phenoxy) is 3. The normalized spacial score (nSPS) is 19.0. The van der Waals surface area contributed by atoms with Crippen LogP contribution in [0.4, 0.5) is 10.9 Å². The highest BCUT2D eigenvalue weighted by Crippen LogP contribution is 2.47. The third-order valence-electron chi connectivity index (χ3n) is 5.32. The van der Waals surface area contributed by atoms with Gasteiger partial charge in [-0.1, -0.05) is 11.3 Å².